The summed E-state index contributed by atoms with van der Waals surface area (Å²) in [5, 5.41) is 3.75. The van der Waals surface area contributed by atoms with E-state index < -0.39 is 9.05 Å². The molecular weight excluding hydrogens is 304 g/mol. The van der Waals surface area contributed by atoms with Gasteiger partial charge in [0, 0.05) is 29.2 Å². The lowest BCUT2D eigenvalue weighted by Crippen LogP contribution is -2.04. The molecule has 0 aromatic carbocycles. The summed E-state index contributed by atoms with van der Waals surface area (Å²) in [4.78, 5) is 8.31. The highest BCUT2D eigenvalue weighted by Gasteiger charge is 2.29. The Morgan fingerprint density at radius 3 is 2.80 bits per heavy atom. The Labute approximate surface area is 120 Å². The standard InChI is InChI=1S/C11H13ClN4O3S/c1-2-9-14-10(20(12,17)18)6-16(9)5-8-13-11(19-15-8)7-3-4-7/h6-7H,2-5H2,1H3. The molecule has 1 aliphatic rings. The molecule has 20 heavy (non-hydrogen) atoms. The summed E-state index contributed by atoms with van der Waals surface area (Å²) in [6, 6.07) is 0. The molecule has 108 valence electrons. The molecule has 0 unspecified atom stereocenters. The fraction of sp³-hybridized carbons (Fsp3) is 0.545. The van der Waals surface area contributed by atoms with Gasteiger partial charge in [0.25, 0.3) is 9.05 Å². The Bertz CT molecular complexity index is 733. The van der Waals surface area contributed by atoms with Crippen LogP contribution in [0.25, 0.3) is 0 Å². The van der Waals surface area contributed by atoms with Crippen LogP contribution in [0.1, 0.15) is 43.2 Å². The number of aromatic nitrogens is 4. The van der Waals surface area contributed by atoms with Crippen molar-refractivity contribution >= 4 is 19.7 Å². The molecule has 1 aliphatic carbocycles. The molecule has 2 heterocycles. The minimum Gasteiger partial charge on any atom is -0.339 e. The maximum absolute atomic E-state index is 11.3. The molecule has 3 rings (SSSR count). The topological polar surface area (TPSA) is 90.9 Å². The van der Waals surface area contributed by atoms with E-state index in [4.69, 9.17) is 15.2 Å². The first kappa shape index (κ1) is 13.6. The second-order valence-electron chi connectivity index (χ2n) is 4.74. The van der Waals surface area contributed by atoms with E-state index in [-0.39, 0.29) is 5.03 Å². The highest BCUT2D eigenvalue weighted by Crippen LogP contribution is 2.38. The molecule has 0 saturated heterocycles. The lowest BCUT2D eigenvalue weighted by Gasteiger charge is -2.01. The maximum Gasteiger partial charge on any atom is 0.280 e. The van der Waals surface area contributed by atoms with E-state index in [0.717, 1.165) is 12.8 Å². The van der Waals surface area contributed by atoms with Crippen molar-refractivity contribution < 1.29 is 12.9 Å². The van der Waals surface area contributed by atoms with Crippen molar-refractivity contribution in [3.63, 3.8) is 0 Å². The van der Waals surface area contributed by atoms with E-state index in [9.17, 15) is 8.42 Å². The molecule has 0 atom stereocenters. The van der Waals surface area contributed by atoms with Crippen molar-refractivity contribution in [2.75, 3.05) is 0 Å². The summed E-state index contributed by atoms with van der Waals surface area (Å²) >= 11 is 0. The lowest BCUT2D eigenvalue weighted by molar-refractivity contribution is 0.373. The van der Waals surface area contributed by atoms with Crippen molar-refractivity contribution in [3.05, 3.63) is 23.7 Å². The maximum atomic E-state index is 11.3. The number of halogens is 1. The highest BCUT2D eigenvalue weighted by molar-refractivity contribution is 8.13. The Balaban J connectivity index is 1.86. The molecule has 0 N–H and O–H groups in total. The van der Waals surface area contributed by atoms with Gasteiger partial charge < -0.3 is 9.09 Å². The number of imidazole rings is 1. The summed E-state index contributed by atoms with van der Waals surface area (Å²) < 4.78 is 29.5. The highest BCUT2D eigenvalue weighted by atomic mass is 35.7. The molecule has 0 amide bonds. The third-order valence-electron chi connectivity index (χ3n) is 3.13. The predicted octanol–water partition coefficient (Wildman–Crippen LogP) is 1.68. The predicted molar refractivity (Wildman–Crippen MR) is 70.0 cm³/mol. The van der Waals surface area contributed by atoms with Crippen LogP contribution in [-0.4, -0.2) is 28.1 Å². The fourth-order valence-electron chi connectivity index (χ4n) is 1.94. The van der Waals surface area contributed by atoms with Crippen molar-refractivity contribution in [1.82, 2.24) is 19.7 Å². The van der Waals surface area contributed by atoms with Gasteiger partial charge in [-0.15, -0.1) is 0 Å². The molecule has 2 aromatic rings. The van der Waals surface area contributed by atoms with Crippen LogP contribution >= 0.6 is 10.7 Å². The van der Waals surface area contributed by atoms with E-state index in [2.05, 4.69) is 15.1 Å². The van der Waals surface area contributed by atoms with Crippen molar-refractivity contribution in [2.45, 2.75) is 43.7 Å². The molecule has 0 bridgehead atoms. The van der Waals surface area contributed by atoms with Crippen LogP contribution in [0.3, 0.4) is 0 Å². The molecule has 1 fully saturated rings. The average Bonchev–Trinajstić information content (AvgIpc) is 2.98. The molecule has 2 aromatic heterocycles. The zero-order valence-corrected chi connectivity index (χ0v) is 12.4. The Kier molecular flexibility index (Phi) is 3.29. The van der Waals surface area contributed by atoms with Crippen LogP contribution in [0, 0.1) is 0 Å². The van der Waals surface area contributed by atoms with Crippen LogP contribution in [-0.2, 0) is 22.0 Å². The zero-order chi connectivity index (χ0) is 14.3. The zero-order valence-electron chi connectivity index (χ0n) is 10.8. The molecule has 0 spiro atoms. The molecule has 1 saturated carbocycles. The van der Waals surface area contributed by atoms with Crippen LogP contribution in [0.5, 0.6) is 0 Å². The summed E-state index contributed by atoms with van der Waals surface area (Å²) in [7, 11) is 1.48. The van der Waals surface area contributed by atoms with Gasteiger partial charge in [-0.25, -0.2) is 13.4 Å². The van der Waals surface area contributed by atoms with Gasteiger partial charge in [0.1, 0.15) is 5.82 Å². The molecule has 9 heteroatoms. The van der Waals surface area contributed by atoms with E-state index in [1.165, 1.54) is 6.20 Å². The van der Waals surface area contributed by atoms with E-state index in [1.54, 1.807) is 4.57 Å². The van der Waals surface area contributed by atoms with Gasteiger partial charge in [-0.3, -0.25) is 0 Å². The van der Waals surface area contributed by atoms with Crippen molar-refractivity contribution in [2.24, 2.45) is 0 Å². The van der Waals surface area contributed by atoms with E-state index in [1.807, 2.05) is 6.92 Å². The monoisotopic (exact) mass is 316 g/mol. The average molecular weight is 317 g/mol. The normalized spacial score (nSPS) is 15.7. The number of aryl methyl sites for hydroxylation is 1. The van der Waals surface area contributed by atoms with Crippen LogP contribution in [0.15, 0.2) is 15.7 Å². The first-order valence-corrected chi connectivity index (χ1v) is 8.61. The Hall–Kier alpha value is -1.41. The summed E-state index contributed by atoms with van der Waals surface area (Å²) in [6.07, 6.45) is 4.15. The number of nitrogens with zero attached hydrogens (tertiary/aromatic N) is 4. The largest absolute Gasteiger partial charge is 0.339 e. The minimum atomic E-state index is -3.83. The van der Waals surface area contributed by atoms with E-state index >= 15 is 0 Å². The number of hydrogen-bond donors (Lipinski definition) is 0. The third kappa shape index (κ3) is 2.71. The minimum absolute atomic E-state index is 0.151. The van der Waals surface area contributed by atoms with Gasteiger partial charge in [-0.1, -0.05) is 12.1 Å². The molecule has 0 radical (unpaired) electrons. The first-order chi connectivity index (χ1) is 9.47. The number of rotatable bonds is 5. The Morgan fingerprint density at radius 2 is 2.20 bits per heavy atom. The quantitative estimate of drug-likeness (QED) is 0.779. The smallest absolute Gasteiger partial charge is 0.280 e. The molecule has 0 aliphatic heterocycles. The van der Waals surface area contributed by atoms with Crippen LogP contribution in [0.2, 0.25) is 0 Å². The SMILES string of the molecule is CCc1nc(S(=O)(=O)Cl)cn1Cc1noc(C2CC2)n1. The van der Waals surface area contributed by atoms with Gasteiger partial charge in [0.05, 0.1) is 6.54 Å². The lowest BCUT2D eigenvalue weighted by atomic mass is 10.4. The van der Waals surface area contributed by atoms with Crippen LogP contribution in [0.4, 0.5) is 0 Å². The fourth-order valence-corrected chi connectivity index (χ4v) is 2.64. The summed E-state index contributed by atoms with van der Waals surface area (Å²) in [5.74, 6) is 2.17. The third-order valence-corrected chi connectivity index (χ3v) is 4.30. The van der Waals surface area contributed by atoms with E-state index in [0.29, 0.717) is 36.4 Å². The van der Waals surface area contributed by atoms with Gasteiger partial charge in [-0.2, -0.15) is 4.98 Å². The summed E-state index contributed by atoms with van der Waals surface area (Å²) in [5.41, 5.74) is 0. The Morgan fingerprint density at radius 1 is 1.45 bits per heavy atom. The second-order valence-corrected chi connectivity index (χ2v) is 7.25. The van der Waals surface area contributed by atoms with Gasteiger partial charge in [-0.05, 0) is 12.8 Å². The summed E-state index contributed by atoms with van der Waals surface area (Å²) in [6.45, 7) is 2.20. The van der Waals surface area contributed by atoms with Crippen molar-refractivity contribution in [3.8, 4) is 0 Å². The van der Waals surface area contributed by atoms with Gasteiger partial charge in [0.2, 0.25) is 5.89 Å². The number of hydrogen-bond acceptors (Lipinski definition) is 6. The van der Waals surface area contributed by atoms with Gasteiger partial charge >= 0.3 is 0 Å². The van der Waals surface area contributed by atoms with Crippen molar-refractivity contribution in [1.29, 1.82) is 0 Å². The molecule has 7 nitrogen and oxygen atoms in total. The second kappa shape index (κ2) is 4.85. The molecular formula is C11H13ClN4O3S. The van der Waals surface area contributed by atoms with Gasteiger partial charge in [0.15, 0.2) is 10.9 Å². The first-order valence-electron chi connectivity index (χ1n) is 6.30. The van der Waals surface area contributed by atoms with Crippen LogP contribution < -0.4 is 0 Å².